The number of imide groups is 1. The van der Waals surface area contributed by atoms with Crippen molar-refractivity contribution in [1.29, 1.82) is 0 Å². The van der Waals surface area contributed by atoms with Crippen molar-refractivity contribution in [2.24, 2.45) is 0 Å². The minimum atomic E-state index is -1.07. The van der Waals surface area contributed by atoms with Crippen molar-refractivity contribution in [3.8, 4) is 5.75 Å². The van der Waals surface area contributed by atoms with E-state index in [-0.39, 0.29) is 29.3 Å². The van der Waals surface area contributed by atoms with Gasteiger partial charge < -0.3 is 4.74 Å². The third kappa shape index (κ3) is 3.06. The quantitative estimate of drug-likeness (QED) is 0.274. The maximum absolute atomic E-state index is 12.0. The highest BCUT2D eigenvalue weighted by molar-refractivity contribution is 6.32. The number of amides is 2. The standard InChI is InChI=1S/C13H11ClN2O6/c1-7(15-11(17)4-5-12(15)18)13(19)22-8-2-3-10(16(20)21)9(14)6-8/h2-3,6-7H,4-5H2,1H3. The summed E-state index contributed by atoms with van der Waals surface area (Å²) in [6, 6.07) is 2.36. The number of esters is 1. The smallest absolute Gasteiger partial charge is 0.334 e. The number of hydrogen-bond acceptors (Lipinski definition) is 6. The lowest BCUT2D eigenvalue weighted by molar-refractivity contribution is -0.384. The van der Waals surface area contributed by atoms with Crippen molar-refractivity contribution >= 4 is 35.1 Å². The number of hydrogen-bond donors (Lipinski definition) is 0. The summed E-state index contributed by atoms with van der Waals surface area (Å²) in [5, 5.41) is 10.5. The van der Waals surface area contributed by atoms with Crippen molar-refractivity contribution in [3.63, 3.8) is 0 Å². The molecule has 1 fully saturated rings. The number of ether oxygens (including phenoxy) is 1. The molecule has 22 heavy (non-hydrogen) atoms. The first-order valence-corrected chi connectivity index (χ1v) is 6.69. The lowest BCUT2D eigenvalue weighted by atomic mass is 10.3. The van der Waals surface area contributed by atoms with Gasteiger partial charge in [-0.1, -0.05) is 11.6 Å². The van der Waals surface area contributed by atoms with Crippen LogP contribution in [0.1, 0.15) is 19.8 Å². The summed E-state index contributed by atoms with van der Waals surface area (Å²) in [5.74, 6) is -1.70. The maximum atomic E-state index is 12.0. The lowest BCUT2D eigenvalue weighted by Crippen LogP contribution is -2.44. The Morgan fingerprint density at radius 3 is 2.45 bits per heavy atom. The predicted molar refractivity (Wildman–Crippen MR) is 74.3 cm³/mol. The second-order valence-corrected chi connectivity index (χ2v) is 5.03. The van der Waals surface area contributed by atoms with E-state index in [4.69, 9.17) is 16.3 Å². The number of carbonyl (C=O) groups is 3. The van der Waals surface area contributed by atoms with Gasteiger partial charge in [0.05, 0.1) is 4.92 Å². The number of halogens is 1. The van der Waals surface area contributed by atoms with Crippen LogP contribution in [-0.4, -0.2) is 33.6 Å². The van der Waals surface area contributed by atoms with Crippen LogP contribution >= 0.6 is 11.6 Å². The van der Waals surface area contributed by atoms with Crippen molar-refractivity contribution in [1.82, 2.24) is 4.90 Å². The molecule has 0 saturated carbocycles. The molecule has 1 aliphatic heterocycles. The summed E-state index contributed by atoms with van der Waals surface area (Å²) in [6.45, 7) is 1.37. The lowest BCUT2D eigenvalue weighted by Gasteiger charge is -2.20. The first-order chi connectivity index (χ1) is 10.3. The number of carbonyl (C=O) groups excluding carboxylic acids is 3. The van der Waals surface area contributed by atoms with Crippen LogP contribution in [0.4, 0.5) is 5.69 Å². The molecule has 1 aromatic carbocycles. The van der Waals surface area contributed by atoms with E-state index in [0.29, 0.717) is 0 Å². The first-order valence-electron chi connectivity index (χ1n) is 6.31. The summed E-state index contributed by atoms with van der Waals surface area (Å²) in [7, 11) is 0. The van der Waals surface area contributed by atoms with Gasteiger partial charge in [-0.3, -0.25) is 24.6 Å². The van der Waals surface area contributed by atoms with Gasteiger partial charge in [0.2, 0.25) is 11.8 Å². The molecule has 1 aromatic rings. The van der Waals surface area contributed by atoms with E-state index in [1.807, 2.05) is 0 Å². The summed E-state index contributed by atoms with van der Waals surface area (Å²) >= 11 is 5.71. The van der Waals surface area contributed by atoms with E-state index in [2.05, 4.69) is 0 Å². The summed E-state index contributed by atoms with van der Waals surface area (Å²) < 4.78 is 5.01. The zero-order valence-corrected chi connectivity index (χ0v) is 12.2. The van der Waals surface area contributed by atoms with E-state index < -0.39 is 28.7 Å². The second-order valence-electron chi connectivity index (χ2n) is 4.62. The number of benzene rings is 1. The highest BCUT2D eigenvalue weighted by Gasteiger charge is 2.37. The Bertz CT molecular complexity index is 658. The fraction of sp³-hybridized carbons (Fsp3) is 0.308. The zero-order valence-electron chi connectivity index (χ0n) is 11.4. The molecule has 9 heteroatoms. The van der Waals surface area contributed by atoms with Gasteiger partial charge in [-0.15, -0.1) is 0 Å². The fourth-order valence-electron chi connectivity index (χ4n) is 2.03. The molecule has 1 heterocycles. The third-order valence-corrected chi connectivity index (χ3v) is 3.46. The molecule has 116 valence electrons. The van der Waals surface area contributed by atoms with Gasteiger partial charge in [0, 0.05) is 25.0 Å². The molecule has 1 saturated heterocycles. The van der Waals surface area contributed by atoms with Gasteiger partial charge in [-0.25, -0.2) is 4.79 Å². The van der Waals surface area contributed by atoms with Gasteiger partial charge in [0.1, 0.15) is 16.8 Å². The molecular weight excluding hydrogens is 316 g/mol. The van der Waals surface area contributed by atoms with Crippen LogP contribution < -0.4 is 4.74 Å². The Hall–Kier alpha value is -2.48. The summed E-state index contributed by atoms with van der Waals surface area (Å²) in [4.78, 5) is 45.9. The second kappa shape index (κ2) is 6.10. The van der Waals surface area contributed by atoms with Gasteiger partial charge in [0.25, 0.3) is 5.69 Å². The van der Waals surface area contributed by atoms with Crippen LogP contribution in [-0.2, 0) is 14.4 Å². The highest BCUT2D eigenvalue weighted by Crippen LogP contribution is 2.28. The molecule has 0 aliphatic carbocycles. The molecule has 0 aromatic heterocycles. The zero-order chi connectivity index (χ0) is 16.4. The molecule has 0 spiro atoms. The molecule has 1 atom stereocenters. The van der Waals surface area contributed by atoms with Crippen molar-refractivity contribution in [2.75, 3.05) is 0 Å². The number of nitro groups is 1. The van der Waals surface area contributed by atoms with Crippen LogP contribution in [0.15, 0.2) is 18.2 Å². The van der Waals surface area contributed by atoms with Crippen LogP contribution in [0.2, 0.25) is 5.02 Å². The van der Waals surface area contributed by atoms with Crippen LogP contribution in [0.25, 0.3) is 0 Å². The molecule has 2 amide bonds. The topological polar surface area (TPSA) is 107 Å². The maximum Gasteiger partial charge on any atom is 0.334 e. The minimum absolute atomic E-state index is 0.00783. The monoisotopic (exact) mass is 326 g/mol. The van der Waals surface area contributed by atoms with Crippen molar-refractivity contribution in [3.05, 3.63) is 33.3 Å². The molecule has 8 nitrogen and oxygen atoms in total. The molecule has 0 bridgehead atoms. The van der Waals surface area contributed by atoms with Crippen LogP contribution in [0.3, 0.4) is 0 Å². The van der Waals surface area contributed by atoms with Gasteiger partial charge in [0.15, 0.2) is 0 Å². The van der Waals surface area contributed by atoms with Crippen LogP contribution in [0, 0.1) is 10.1 Å². The average molecular weight is 327 g/mol. The van der Waals surface area contributed by atoms with E-state index >= 15 is 0 Å². The normalized spacial score (nSPS) is 15.8. The number of likely N-dealkylation sites (tertiary alicyclic amines) is 1. The Morgan fingerprint density at radius 2 is 1.95 bits per heavy atom. The number of rotatable bonds is 4. The van der Waals surface area contributed by atoms with Gasteiger partial charge in [-0.05, 0) is 13.0 Å². The molecular formula is C13H11ClN2O6. The molecule has 2 rings (SSSR count). The minimum Gasteiger partial charge on any atom is -0.425 e. The van der Waals surface area contributed by atoms with E-state index in [1.165, 1.54) is 13.0 Å². The first kappa shape index (κ1) is 15.9. The molecule has 1 aliphatic rings. The van der Waals surface area contributed by atoms with Crippen molar-refractivity contribution in [2.45, 2.75) is 25.8 Å². The van der Waals surface area contributed by atoms with E-state index in [0.717, 1.165) is 17.0 Å². The number of nitrogens with zero attached hydrogens (tertiary/aromatic N) is 2. The Kier molecular flexibility index (Phi) is 4.41. The largest absolute Gasteiger partial charge is 0.425 e. The van der Waals surface area contributed by atoms with Gasteiger partial charge >= 0.3 is 5.97 Å². The SMILES string of the molecule is CC(C(=O)Oc1ccc([N+](=O)[O-])c(Cl)c1)N1C(=O)CCC1=O. The third-order valence-electron chi connectivity index (χ3n) is 3.15. The Morgan fingerprint density at radius 1 is 1.36 bits per heavy atom. The number of nitro benzene ring substituents is 1. The predicted octanol–water partition coefficient (Wildman–Crippen LogP) is 1.69. The van der Waals surface area contributed by atoms with Crippen LogP contribution in [0.5, 0.6) is 5.75 Å². The summed E-state index contributed by atoms with van der Waals surface area (Å²) in [6.07, 6.45) is 0.139. The van der Waals surface area contributed by atoms with Crippen molar-refractivity contribution < 1.29 is 24.0 Å². The Balaban J connectivity index is 2.12. The van der Waals surface area contributed by atoms with E-state index in [1.54, 1.807) is 0 Å². The molecule has 0 N–H and O–H groups in total. The fourth-order valence-corrected chi connectivity index (χ4v) is 2.27. The molecule has 1 unspecified atom stereocenters. The van der Waals surface area contributed by atoms with E-state index in [9.17, 15) is 24.5 Å². The highest BCUT2D eigenvalue weighted by atomic mass is 35.5. The molecule has 0 radical (unpaired) electrons. The average Bonchev–Trinajstić information content (AvgIpc) is 2.77. The summed E-state index contributed by atoms with van der Waals surface area (Å²) in [5.41, 5.74) is -0.320. The Labute approximate surface area is 129 Å². The van der Waals surface area contributed by atoms with Gasteiger partial charge in [-0.2, -0.15) is 0 Å².